The number of amides is 1. The van der Waals surface area contributed by atoms with Crippen molar-refractivity contribution in [3.63, 3.8) is 0 Å². The fourth-order valence-corrected chi connectivity index (χ4v) is 2.17. The van der Waals surface area contributed by atoms with Crippen LogP contribution in [0.15, 0.2) is 33.7 Å². The molecule has 24 heavy (non-hydrogen) atoms. The zero-order chi connectivity index (χ0) is 17.1. The molecule has 6 nitrogen and oxygen atoms in total. The minimum Gasteiger partial charge on any atom is -0.383 e. The van der Waals surface area contributed by atoms with E-state index >= 15 is 0 Å². The van der Waals surface area contributed by atoms with Crippen LogP contribution in [0.1, 0.15) is 12.5 Å². The van der Waals surface area contributed by atoms with Crippen LogP contribution in [-0.4, -0.2) is 57.2 Å². The van der Waals surface area contributed by atoms with E-state index in [0.717, 1.165) is 11.0 Å². The van der Waals surface area contributed by atoms with Gasteiger partial charge in [0.1, 0.15) is 6.54 Å². The first-order valence-electron chi connectivity index (χ1n) is 7.56. The number of halogens is 2. The molecular weight excluding hydrogens is 487 g/mol. The third-order valence-electron chi connectivity index (χ3n) is 3.03. The second-order valence-electron chi connectivity index (χ2n) is 5.00. The van der Waals surface area contributed by atoms with Gasteiger partial charge in [0, 0.05) is 38.3 Å². The first kappa shape index (κ1) is 23.1. The van der Waals surface area contributed by atoms with Crippen molar-refractivity contribution in [2.75, 3.05) is 40.4 Å². The molecule has 0 spiro atoms. The Morgan fingerprint density at radius 3 is 2.54 bits per heavy atom. The maximum absolute atomic E-state index is 11.7. The molecule has 1 aromatic carbocycles. The molecule has 1 amide bonds. The first-order valence-corrected chi connectivity index (χ1v) is 8.35. The maximum atomic E-state index is 11.7. The van der Waals surface area contributed by atoms with Crippen LogP contribution in [0.2, 0.25) is 0 Å². The molecule has 0 aromatic heterocycles. The average Bonchev–Trinajstić information content (AvgIpc) is 2.53. The molecule has 0 fully saturated rings. The van der Waals surface area contributed by atoms with E-state index in [1.165, 1.54) is 5.56 Å². The second kappa shape index (κ2) is 13.4. The number of methoxy groups -OCH3 is 1. The SMILES string of the molecule is CCNC(=NCC(=O)NCCOC)N(C)Cc1ccc(Br)cc1.I. The predicted molar refractivity (Wildman–Crippen MR) is 112 cm³/mol. The van der Waals surface area contributed by atoms with E-state index in [1.54, 1.807) is 7.11 Å². The van der Waals surface area contributed by atoms with Crippen molar-refractivity contribution in [3.8, 4) is 0 Å². The normalized spacial score (nSPS) is 10.8. The summed E-state index contributed by atoms with van der Waals surface area (Å²) >= 11 is 3.43. The molecule has 0 saturated carbocycles. The van der Waals surface area contributed by atoms with Gasteiger partial charge in [0.15, 0.2) is 5.96 Å². The number of hydrogen-bond acceptors (Lipinski definition) is 3. The molecule has 0 heterocycles. The number of nitrogens with one attached hydrogen (secondary N) is 2. The van der Waals surface area contributed by atoms with Crippen molar-refractivity contribution in [1.29, 1.82) is 0 Å². The monoisotopic (exact) mass is 512 g/mol. The Morgan fingerprint density at radius 1 is 1.29 bits per heavy atom. The fourth-order valence-electron chi connectivity index (χ4n) is 1.90. The van der Waals surface area contributed by atoms with Crippen LogP contribution in [0, 0.1) is 0 Å². The summed E-state index contributed by atoms with van der Waals surface area (Å²) in [6, 6.07) is 8.14. The van der Waals surface area contributed by atoms with Gasteiger partial charge < -0.3 is 20.3 Å². The van der Waals surface area contributed by atoms with Gasteiger partial charge in [0.05, 0.1) is 6.61 Å². The molecule has 0 aliphatic heterocycles. The number of nitrogens with zero attached hydrogens (tertiary/aromatic N) is 2. The van der Waals surface area contributed by atoms with Crippen LogP contribution in [0.5, 0.6) is 0 Å². The van der Waals surface area contributed by atoms with E-state index in [-0.39, 0.29) is 36.4 Å². The topological polar surface area (TPSA) is 66.0 Å². The smallest absolute Gasteiger partial charge is 0.241 e. The number of aliphatic imine (C=N–C) groups is 1. The minimum atomic E-state index is -0.116. The maximum Gasteiger partial charge on any atom is 0.241 e. The predicted octanol–water partition coefficient (Wildman–Crippen LogP) is 2.23. The van der Waals surface area contributed by atoms with Crippen molar-refractivity contribution in [3.05, 3.63) is 34.3 Å². The Kier molecular flexibility index (Phi) is 12.9. The van der Waals surface area contributed by atoms with E-state index in [1.807, 2.05) is 31.0 Å². The van der Waals surface area contributed by atoms with Gasteiger partial charge in [-0.15, -0.1) is 24.0 Å². The molecular formula is C16H26BrIN4O2. The number of ether oxygens (including phenoxy) is 1. The van der Waals surface area contributed by atoms with E-state index < -0.39 is 0 Å². The van der Waals surface area contributed by atoms with Gasteiger partial charge >= 0.3 is 0 Å². The average molecular weight is 513 g/mol. The lowest BCUT2D eigenvalue weighted by atomic mass is 10.2. The van der Waals surface area contributed by atoms with E-state index in [9.17, 15) is 4.79 Å². The van der Waals surface area contributed by atoms with E-state index in [0.29, 0.717) is 25.7 Å². The third-order valence-corrected chi connectivity index (χ3v) is 3.56. The quantitative estimate of drug-likeness (QED) is 0.242. The van der Waals surface area contributed by atoms with Gasteiger partial charge in [-0.1, -0.05) is 28.1 Å². The van der Waals surface area contributed by atoms with Crippen LogP contribution in [-0.2, 0) is 16.1 Å². The largest absolute Gasteiger partial charge is 0.383 e. The lowest BCUT2D eigenvalue weighted by Gasteiger charge is -2.22. The van der Waals surface area contributed by atoms with Crippen molar-refractivity contribution < 1.29 is 9.53 Å². The zero-order valence-electron chi connectivity index (χ0n) is 14.3. The van der Waals surface area contributed by atoms with E-state index in [2.05, 4.69) is 43.7 Å². The lowest BCUT2D eigenvalue weighted by molar-refractivity contribution is -0.119. The first-order chi connectivity index (χ1) is 11.1. The standard InChI is InChI=1S/C16H25BrN4O2.HI/c1-4-18-16(20-11-15(22)19-9-10-23-3)21(2)12-13-5-7-14(17)8-6-13;/h5-8H,4,9-12H2,1-3H3,(H,18,20)(H,19,22);1H. The Labute approximate surface area is 169 Å². The van der Waals surface area contributed by atoms with Gasteiger partial charge in [-0.25, -0.2) is 4.99 Å². The number of guanidine groups is 1. The summed E-state index contributed by atoms with van der Waals surface area (Å²) in [6.07, 6.45) is 0. The van der Waals surface area contributed by atoms with Crippen molar-refractivity contribution in [2.24, 2.45) is 4.99 Å². The molecule has 0 radical (unpaired) electrons. The number of rotatable bonds is 8. The molecule has 1 aromatic rings. The highest BCUT2D eigenvalue weighted by Gasteiger charge is 2.08. The van der Waals surface area contributed by atoms with Crippen LogP contribution in [0.25, 0.3) is 0 Å². The Bertz CT molecular complexity index is 511. The summed E-state index contributed by atoms with van der Waals surface area (Å²) in [5.41, 5.74) is 1.17. The number of carbonyl (C=O) groups is 1. The van der Waals surface area contributed by atoms with Gasteiger partial charge in [0.2, 0.25) is 5.91 Å². The lowest BCUT2D eigenvalue weighted by Crippen LogP contribution is -2.39. The van der Waals surface area contributed by atoms with Crippen LogP contribution in [0.4, 0.5) is 0 Å². The molecule has 0 atom stereocenters. The molecule has 0 bridgehead atoms. The van der Waals surface area contributed by atoms with Crippen molar-refractivity contribution >= 4 is 51.8 Å². The van der Waals surface area contributed by atoms with Crippen LogP contribution in [0.3, 0.4) is 0 Å². The van der Waals surface area contributed by atoms with Gasteiger partial charge in [-0.05, 0) is 24.6 Å². The summed E-state index contributed by atoms with van der Waals surface area (Å²) in [5.74, 6) is 0.590. The zero-order valence-corrected chi connectivity index (χ0v) is 18.3. The highest BCUT2D eigenvalue weighted by molar-refractivity contribution is 14.0. The molecule has 0 saturated heterocycles. The molecule has 1 rings (SSSR count). The molecule has 0 aliphatic rings. The summed E-state index contributed by atoms with van der Waals surface area (Å²) in [6.45, 7) is 4.55. The van der Waals surface area contributed by atoms with Crippen LogP contribution >= 0.6 is 39.9 Å². The Morgan fingerprint density at radius 2 is 1.96 bits per heavy atom. The van der Waals surface area contributed by atoms with E-state index in [4.69, 9.17) is 4.74 Å². The van der Waals surface area contributed by atoms with Crippen molar-refractivity contribution in [1.82, 2.24) is 15.5 Å². The number of hydrogen-bond donors (Lipinski definition) is 2. The molecule has 0 unspecified atom stereocenters. The van der Waals surface area contributed by atoms with Gasteiger partial charge in [0.25, 0.3) is 0 Å². The molecule has 8 heteroatoms. The molecule has 136 valence electrons. The molecule has 2 N–H and O–H groups in total. The number of carbonyl (C=O) groups excluding carboxylic acids is 1. The summed E-state index contributed by atoms with van der Waals surface area (Å²) in [5, 5.41) is 5.95. The summed E-state index contributed by atoms with van der Waals surface area (Å²) in [7, 11) is 3.55. The Balaban J connectivity index is 0.00000529. The third kappa shape index (κ3) is 9.43. The van der Waals surface area contributed by atoms with Gasteiger partial charge in [-0.3, -0.25) is 4.79 Å². The van der Waals surface area contributed by atoms with Gasteiger partial charge in [-0.2, -0.15) is 0 Å². The second-order valence-corrected chi connectivity index (χ2v) is 5.91. The Hall–Kier alpha value is -0.870. The minimum absolute atomic E-state index is 0. The van der Waals surface area contributed by atoms with Crippen LogP contribution < -0.4 is 10.6 Å². The fraction of sp³-hybridized carbons (Fsp3) is 0.500. The highest BCUT2D eigenvalue weighted by Crippen LogP contribution is 2.11. The summed E-state index contributed by atoms with van der Waals surface area (Å²) in [4.78, 5) is 18.1. The highest BCUT2D eigenvalue weighted by atomic mass is 127. The molecule has 0 aliphatic carbocycles. The van der Waals surface area contributed by atoms with Crippen molar-refractivity contribution in [2.45, 2.75) is 13.5 Å². The number of benzene rings is 1. The summed E-state index contributed by atoms with van der Waals surface area (Å²) < 4.78 is 5.95.